The second-order valence-electron chi connectivity index (χ2n) is 3.86. The summed E-state index contributed by atoms with van der Waals surface area (Å²) in [6.45, 7) is 2.25. The highest BCUT2D eigenvalue weighted by Crippen LogP contribution is 2.33. The summed E-state index contributed by atoms with van der Waals surface area (Å²) in [5.41, 5.74) is 0. The standard InChI is InChI=1S/C10H15F2NO4/c1-2-17-7-3-5(7)9(14)13-6(10(15)16)4-8(11)12/h5-8H,2-4H2,1H3,(H,13,14)(H,15,16). The lowest BCUT2D eigenvalue weighted by Crippen LogP contribution is -2.43. The number of ether oxygens (including phenoxy) is 1. The summed E-state index contributed by atoms with van der Waals surface area (Å²) < 4.78 is 29.3. The zero-order chi connectivity index (χ0) is 13.0. The van der Waals surface area contributed by atoms with Crippen molar-refractivity contribution in [2.24, 2.45) is 5.92 Å². The van der Waals surface area contributed by atoms with Gasteiger partial charge in [-0.3, -0.25) is 4.79 Å². The third kappa shape index (κ3) is 4.26. The fourth-order valence-electron chi connectivity index (χ4n) is 1.52. The molecule has 0 radical (unpaired) electrons. The summed E-state index contributed by atoms with van der Waals surface area (Å²) in [4.78, 5) is 22.1. The molecular weight excluding hydrogens is 236 g/mol. The van der Waals surface area contributed by atoms with Crippen molar-refractivity contribution in [3.05, 3.63) is 0 Å². The second kappa shape index (κ2) is 5.90. The number of carboxylic acid groups (broad SMARTS) is 1. The first-order valence-electron chi connectivity index (χ1n) is 5.38. The van der Waals surface area contributed by atoms with Gasteiger partial charge in [0.05, 0.1) is 12.0 Å². The minimum Gasteiger partial charge on any atom is -0.480 e. The molecule has 0 heterocycles. The van der Waals surface area contributed by atoms with Crippen LogP contribution in [0.4, 0.5) is 8.78 Å². The summed E-state index contributed by atoms with van der Waals surface area (Å²) in [5, 5.41) is 10.8. The molecule has 0 bridgehead atoms. The molecule has 0 aromatic rings. The molecule has 0 spiro atoms. The predicted molar refractivity (Wildman–Crippen MR) is 53.7 cm³/mol. The maximum Gasteiger partial charge on any atom is 0.326 e. The van der Waals surface area contributed by atoms with Gasteiger partial charge in [0, 0.05) is 13.0 Å². The van der Waals surface area contributed by atoms with Gasteiger partial charge in [-0.2, -0.15) is 0 Å². The monoisotopic (exact) mass is 251 g/mol. The molecule has 1 aliphatic carbocycles. The number of hydrogen-bond acceptors (Lipinski definition) is 3. The molecule has 7 heteroatoms. The third-order valence-corrected chi connectivity index (χ3v) is 2.48. The molecule has 5 nitrogen and oxygen atoms in total. The molecule has 0 saturated heterocycles. The normalized spacial score (nSPS) is 24.5. The lowest BCUT2D eigenvalue weighted by atomic mass is 10.2. The Morgan fingerprint density at radius 2 is 2.18 bits per heavy atom. The van der Waals surface area contributed by atoms with Gasteiger partial charge < -0.3 is 15.2 Å². The molecule has 1 amide bonds. The van der Waals surface area contributed by atoms with E-state index in [0.29, 0.717) is 13.0 Å². The quantitative estimate of drug-likeness (QED) is 0.696. The molecule has 1 aliphatic rings. The minimum absolute atomic E-state index is 0.207. The Kier molecular flexibility index (Phi) is 4.80. The van der Waals surface area contributed by atoms with Crippen LogP contribution in [0.15, 0.2) is 0 Å². The van der Waals surface area contributed by atoms with Gasteiger partial charge in [0.2, 0.25) is 12.3 Å². The number of aliphatic carboxylic acids is 1. The van der Waals surface area contributed by atoms with Crippen molar-refractivity contribution in [1.29, 1.82) is 0 Å². The van der Waals surface area contributed by atoms with Gasteiger partial charge in [-0.15, -0.1) is 0 Å². The van der Waals surface area contributed by atoms with Crippen molar-refractivity contribution in [3.8, 4) is 0 Å². The SMILES string of the molecule is CCOC1CC1C(=O)NC(CC(F)F)C(=O)O. The number of alkyl halides is 2. The number of carboxylic acids is 1. The molecule has 1 rings (SSSR count). The lowest BCUT2D eigenvalue weighted by molar-refractivity contribution is -0.143. The molecule has 1 fully saturated rings. The molecular formula is C10H15F2NO4. The van der Waals surface area contributed by atoms with Gasteiger partial charge in [0.1, 0.15) is 6.04 Å². The van der Waals surface area contributed by atoms with Gasteiger partial charge in [-0.1, -0.05) is 0 Å². The summed E-state index contributed by atoms with van der Waals surface area (Å²) in [6, 6.07) is -1.54. The van der Waals surface area contributed by atoms with Gasteiger partial charge in [-0.05, 0) is 13.3 Å². The van der Waals surface area contributed by atoms with Crippen LogP contribution in [-0.4, -0.2) is 42.2 Å². The molecule has 3 atom stereocenters. The molecule has 0 aliphatic heterocycles. The average molecular weight is 251 g/mol. The van der Waals surface area contributed by atoms with Crippen LogP contribution in [0.3, 0.4) is 0 Å². The largest absolute Gasteiger partial charge is 0.480 e. The number of carbonyl (C=O) groups is 2. The highest BCUT2D eigenvalue weighted by molar-refractivity contribution is 5.87. The van der Waals surface area contributed by atoms with E-state index in [2.05, 4.69) is 5.32 Å². The number of halogens is 2. The predicted octanol–water partition coefficient (Wildman–Crippen LogP) is 0.636. The smallest absolute Gasteiger partial charge is 0.326 e. The van der Waals surface area contributed by atoms with Crippen LogP contribution in [-0.2, 0) is 14.3 Å². The maximum atomic E-state index is 12.1. The Balaban J connectivity index is 2.40. The van der Waals surface area contributed by atoms with E-state index in [-0.39, 0.29) is 6.10 Å². The van der Waals surface area contributed by atoms with Crippen LogP contribution < -0.4 is 5.32 Å². The summed E-state index contributed by atoms with van der Waals surface area (Å²) in [5.74, 6) is -2.39. The van der Waals surface area contributed by atoms with Crippen LogP contribution in [0.5, 0.6) is 0 Å². The minimum atomic E-state index is -2.77. The van der Waals surface area contributed by atoms with E-state index in [1.54, 1.807) is 6.92 Å². The van der Waals surface area contributed by atoms with Crippen molar-refractivity contribution in [2.75, 3.05) is 6.61 Å². The van der Waals surface area contributed by atoms with Crippen LogP contribution in [0, 0.1) is 5.92 Å². The molecule has 2 N–H and O–H groups in total. The maximum absolute atomic E-state index is 12.1. The Morgan fingerprint density at radius 3 is 2.65 bits per heavy atom. The van der Waals surface area contributed by atoms with Crippen LogP contribution >= 0.6 is 0 Å². The topological polar surface area (TPSA) is 75.6 Å². The van der Waals surface area contributed by atoms with E-state index in [4.69, 9.17) is 9.84 Å². The first-order chi connectivity index (χ1) is 7.95. The highest BCUT2D eigenvalue weighted by atomic mass is 19.3. The number of nitrogens with one attached hydrogen (secondary N) is 1. The lowest BCUT2D eigenvalue weighted by Gasteiger charge is -2.13. The van der Waals surface area contributed by atoms with Crippen LogP contribution in [0.25, 0.3) is 0 Å². The van der Waals surface area contributed by atoms with Crippen molar-refractivity contribution in [1.82, 2.24) is 5.32 Å². The van der Waals surface area contributed by atoms with Gasteiger partial charge >= 0.3 is 5.97 Å². The van der Waals surface area contributed by atoms with Crippen molar-refractivity contribution in [3.63, 3.8) is 0 Å². The van der Waals surface area contributed by atoms with E-state index in [1.165, 1.54) is 0 Å². The number of carbonyl (C=O) groups excluding carboxylic acids is 1. The fraction of sp³-hybridized carbons (Fsp3) is 0.800. The zero-order valence-electron chi connectivity index (χ0n) is 9.36. The number of rotatable bonds is 7. The number of hydrogen-bond donors (Lipinski definition) is 2. The Bertz CT molecular complexity index is 298. The second-order valence-corrected chi connectivity index (χ2v) is 3.86. The first kappa shape index (κ1) is 13.8. The summed E-state index contributed by atoms with van der Waals surface area (Å²) in [6.07, 6.45) is -3.34. The van der Waals surface area contributed by atoms with E-state index >= 15 is 0 Å². The summed E-state index contributed by atoms with van der Waals surface area (Å²) >= 11 is 0. The zero-order valence-corrected chi connectivity index (χ0v) is 9.36. The molecule has 1 saturated carbocycles. The van der Waals surface area contributed by atoms with E-state index in [0.717, 1.165) is 0 Å². The fourth-order valence-corrected chi connectivity index (χ4v) is 1.52. The van der Waals surface area contributed by atoms with Crippen molar-refractivity contribution >= 4 is 11.9 Å². The first-order valence-corrected chi connectivity index (χ1v) is 5.38. The van der Waals surface area contributed by atoms with Crippen LogP contribution in [0.2, 0.25) is 0 Å². The molecule has 3 unspecified atom stereocenters. The van der Waals surface area contributed by atoms with E-state index in [1.807, 2.05) is 0 Å². The summed E-state index contributed by atoms with van der Waals surface area (Å²) in [7, 11) is 0. The molecule has 17 heavy (non-hydrogen) atoms. The Hall–Kier alpha value is -1.24. The Morgan fingerprint density at radius 1 is 1.53 bits per heavy atom. The average Bonchev–Trinajstić information content (AvgIpc) is 2.96. The van der Waals surface area contributed by atoms with Crippen molar-refractivity contribution in [2.45, 2.75) is 38.3 Å². The molecule has 98 valence electrons. The highest BCUT2D eigenvalue weighted by Gasteiger charge is 2.45. The van der Waals surface area contributed by atoms with Gasteiger partial charge in [0.25, 0.3) is 0 Å². The Labute approximate surface area is 97.1 Å². The van der Waals surface area contributed by atoms with E-state index < -0.39 is 36.7 Å². The number of amides is 1. The van der Waals surface area contributed by atoms with Crippen LogP contribution in [0.1, 0.15) is 19.8 Å². The van der Waals surface area contributed by atoms with Gasteiger partial charge in [0.15, 0.2) is 0 Å². The van der Waals surface area contributed by atoms with Crippen molar-refractivity contribution < 1.29 is 28.2 Å². The molecule has 0 aromatic heterocycles. The third-order valence-electron chi connectivity index (χ3n) is 2.48. The van der Waals surface area contributed by atoms with Gasteiger partial charge in [-0.25, -0.2) is 13.6 Å². The molecule has 0 aromatic carbocycles. The van der Waals surface area contributed by atoms with E-state index in [9.17, 15) is 18.4 Å².